The average Bonchev–Trinajstić information content (AvgIpc) is 2.74. The van der Waals surface area contributed by atoms with E-state index in [-0.39, 0.29) is 0 Å². The van der Waals surface area contributed by atoms with Crippen molar-refractivity contribution >= 4 is 0 Å². The van der Waals surface area contributed by atoms with Crippen molar-refractivity contribution in [2.24, 2.45) is 17.6 Å². The van der Waals surface area contributed by atoms with Gasteiger partial charge in [-0.05, 0) is 57.0 Å². The lowest BCUT2D eigenvalue weighted by Gasteiger charge is -2.43. The zero-order valence-corrected chi connectivity index (χ0v) is 13.8. The SMILES string of the molecule is CCC1CCCC(N(CC)C2CCCCC2CN)CC1. The first-order chi connectivity index (χ1) is 9.80. The van der Waals surface area contributed by atoms with Gasteiger partial charge in [0.2, 0.25) is 0 Å². The molecule has 0 bridgehead atoms. The Morgan fingerprint density at radius 1 is 0.900 bits per heavy atom. The lowest BCUT2D eigenvalue weighted by molar-refractivity contribution is 0.0628. The minimum atomic E-state index is 0.758. The van der Waals surface area contributed by atoms with Crippen LogP contribution < -0.4 is 5.73 Å². The third kappa shape index (κ3) is 3.98. The number of rotatable bonds is 5. The van der Waals surface area contributed by atoms with Crippen LogP contribution in [0.2, 0.25) is 0 Å². The zero-order chi connectivity index (χ0) is 14.4. The Bertz CT molecular complexity index is 266. The summed E-state index contributed by atoms with van der Waals surface area (Å²) in [4.78, 5) is 2.86. The van der Waals surface area contributed by atoms with Gasteiger partial charge in [0.05, 0.1) is 0 Å². The van der Waals surface area contributed by atoms with Crippen LogP contribution in [0.1, 0.15) is 78.1 Å². The highest BCUT2D eigenvalue weighted by atomic mass is 15.2. The molecule has 0 amide bonds. The van der Waals surface area contributed by atoms with Crippen LogP contribution in [0, 0.1) is 11.8 Å². The molecule has 0 saturated heterocycles. The normalized spacial score (nSPS) is 36.0. The quantitative estimate of drug-likeness (QED) is 0.765. The van der Waals surface area contributed by atoms with Gasteiger partial charge in [0.15, 0.2) is 0 Å². The van der Waals surface area contributed by atoms with E-state index in [1.807, 2.05) is 0 Å². The van der Waals surface area contributed by atoms with Crippen molar-refractivity contribution in [2.45, 2.75) is 90.1 Å². The van der Waals surface area contributed by atoms with E-state index in [0.29, 0.717) is 0 Å². The monoisotopic (exact) mass is 280 g/mol. The van der Waals surface area contributed by atoms with E-state index in [0.717, 1.165) is 30.5 Å². The summed E-state index contributed by atoms with van der Waals surface area (Å²) >= 11 is 0. The predicted molar refractivity (Wildman–Crippen MR) is 87.8 cm³/mol. The molecule has 0 aromatic rings. The highest BCUT2D eigenvalue weighted by Gasteiger charge is 2.33. The van der Waals surface area contributed by atoms with Crippen molar-refractivity contribution in [3.05, 3.63) is 0 Å². The predicted octanol–water partition coefficient (Wildman–Crippen LogP) is 4.18. The summed E-state index contributed by atoms with van der Waals surface area (Å²) in [7, 11) is 0. The fourth-order valence-electron chi connectivity index (χ4n) is 4.76. The summed E-state index contributed by atoms with van der Waals surface area (Å²) < 4.78 is 0. The molecule has 0 heterocycles. The van der Waals surface area contributed by atoms with Gasteiger partial charge in [-0.1, -0.05) is 46.0 Å². The van der Waals surface area contributed by atoms with Gasteiger partial charge in [0.25, 0.3) is 0 Å². The second kappa shape index (κ2) is 8.38. The van der Waals surface area contributed by atoms with Crippen LogP contribution in [0.4, 0.5) is 0 Å². The summed E-state index contributed by atoms with van der Waals surface area (Å²) in [6.07, 6.45) is 14.2. The van der Waals surface area contributed by atoms with Gasteiger partial charge < -0.3 is 5.73 Å². The van der Waals surface area contributed by atoms with Gasteiger partial charge in [0.1, 0.15) is 0 Å². The Labute approximate surface area is 126 Å². The molecule has 4 atom stereocenters. The molecule has 0 spiro atoms. The molecule has 2 nitrogen and oxygen atoms in total. The Hall–Kier alpha value is -0.0800. The van der Waals surface area contributed by atoms with Gasteiger partial charge in [-0.15, -0.1) is 0 Å². The molecule has 0 radical (unpaired) electrons. The van der Waals surface area contributed by atoms with Crippen LogP contribution >= 0.6 is 0 Å². The van der Waals surface area contributed by atoms with Crippen molar-refractivity contribution in [2.75, 3.05) is 13.1 Å². The van der Waals surface area contributed by atoms with Gasteiger partial charge in [0, 0.05) is 12.1 Å². The van der Waals surface area contributed by atoms with E-state index in [9.17, 15) is 0 Å². The fourth-order valence-corrected chi connectivity index (χ4v) is 4.76. The Kier molecular flexibility index (Phi) is 6.83. The van der Waals surface area contributed by atoms with Crippen molar-refractivity contribution in [3.8, 4) is 0 Å². The molecule has 0 aromatic carbocycles. The van der Waals surface area contributed by atoms with Crippen LogP contribution in [0.3, 0.4) is 0 Å². The topological polar surface area (TPSA) is 29.3 Å². The lowest BCUT2D eigenvalue weighted by atomic mass is 9.82. The highest BCUT2D eigenvalue weighted by molar-refractivity contribution is 4.88. The van der Waals surface area contributed by atoms with Crippen LogP contribution in [0.15, 0.2) is 0 Å². The molecule has 2 heteroatoms. The van der Waals surface area contributed by atoms with Gasteiger partial charge in [-0.25, -0.2) is 0 Å². The number of hydrogen-bond donors (Lipinski definition) is 1. The second-order valence-corrected chi connectivity index (χ2v) is 7.11. The molecule has 2 aliphatic carbocycles. The van der Waals surface area contributed by atoms with Crippen molar-refractivity contribution in [1.82, 2.24) is 4.90 Å². The molecule has 20 heavy (non-hydrogen) atoms. The molecule has 2 fully saturated rings. The fraction of sp³-hybridized carbons (Fsp3) is 1.00. The molecule has 2 rings (SSSR count). The summed E-state index contributed by atoms with van der Waals surface area (Å²) in [5, 5.41) is 0. The molecule has 2 aliphatic rings. The van der Waals surface area contributed by atoms with Gasteiger partial charge in [-0.3, -0.25) is 4.90 Å². The van der Waals surface area contributed by atoms with E-state index < -0.39 is 0 Å². The van der Waals surface area contributed by atoms with Crippen molar-refractivity contribution in [1.29, 1.82) is 0 Å². The third-order valence-corrected chi connectivity index (χ3v) is 6.07. The zero-order valence-electron chi connectivity index (χ0n) is 13.8. The van der Waals surface area contributed by atoms with Crippen LogP contribution in [0.25, 0.3) is 0 Å². The van der Waals surface area contributed by atoms with E-state index >= 15 is 0 Å². The minimum absolute atomic E-state index is 0.758. The Morgan fingerprint density at radius 3 is 2.40 bits per heavy atom. The molecule has 0 aromatic heterocycles. The molecule has 4 unspecified atom stereocenters. The molecule has 118 valence electrons. The highest BCUT2D eigenvalue weighted by Crippen LogP contribution is 2.34. The second-order valence-electron chi connectivity index (χ2n) is 7.11. The summed E-state index contributed by atoms with van der Waals surface area (Å²) in [5.74, 6) is 1.75. The summed E-state index contributed by atoms with van der Waals surface area (Å²) in [6, 6.07) is 1.62. The maximum Gasteiger partial charge on any atom is 0.0138 e. The largest absolute Gasteiger partial charge is 0.330 e. The molecule has 2 saturated carbocycles. The van der Waals surface area contributed by atoms with Crippen molar-refractivity contribution < 1.29 is 0 Å². The number of hydrogen-bond acceptors (Lipinski definition) is 2. The summed E-state index contributed by atoms with van der Waals surface area (Å²) in [5.41, 5.74) is 6.06. The first kappa shape index (κ1) is 16.3. The number of nitrogens with two attached hydrogens (primary N) is 1. The minimum Gasteiger partial charge on any atom is -0.330 e. The smallest absolute Gasteiger partial charge is 0.0138 e. The maximum absolute atomic E-state index is 6.06. The lowest BCUT2D eigenvalue weighted by Crippen LogP contribution is -2.49. The van der Waals surface area contributed by atoms with Crippen LogP contribution in [0.5, 0.6) is 0 Å². The van der Waals surface area contributed by atoms with E-state index in [4.69, 9.17) is 5.73 Å². The van der Waals surface area contributed by atoms with E-state index in [1.165, 1.54) is 70.8 Å². The third-order valence-electron chi connectivity index (χ3n) is 6.07. The molecule has 0 aliphatic heterocycles. The summed E-state index contributed by atoms with van der Waals surface area (Å²) in [6.45, 7) is 6.85. The average molecular weight is 280 g/mol. The van der Waals surface area contributed by atoms with E-state index in [2.05, 4.69) is 18.7 Å². The van der Waals surface area contributed by atoms with E-state index in [1.54, 1.807) is 0 Å². The number of nitrogens with zero attached hydrogens (tertiary/aromatic N) is 1. The van der Waals surface area contributed by atoms with Crippen LogP contribution in [-0.2, 0) is 0 Å². The molecular formula is C18H36N2. The van der Waals surface area contributed by atoms with Gasteiger partial charge in [-0.2, -0.15) is 0 Å². The van der Waals surface area contributed by atoms with Gasteiger partial charge >= 0.3 is 0 Å². The Balaban J connectivity index is 1.99. The Morgan fingerprint density at radius 2 is 1.70 bits per heavy atom. The first-order valence-electron chi connectivity index (χ1n) is 9.25. The van der Waals surface area contributed by atoms with Crippen LogP contribution in [-0.4, -0.2) is 30.1 Å². The molecular weight excluding hydrogens is 244 g/mol. The molecule has 2 N–H and O–H groups in total. The maximum atomic E-state index is 6.06. The van der Waals surface area contributed by atoms with Crippen molar-refractivity contribution in [3.63, 3.8) is 0 Å². The first-order valence-corrected chi connectivity index (χ1v) is 9.25. The standard InChI is InChI=1S/C18H36N2/c1-3-15-8-7-10-17(13-12-15)20(4-2)18-11-6-5-9-16(18)14-19/h15-18H,3-14,19H2,1-2H3.